The van der Waals surface area contributed by atoms with Gasteiger partial charge in [0.15, 0.2) is 11.5 Å². The predicted octanol–water partition coefficient (Wildman–Crippen LogP) is 1.24. The first-order valence-corrected chi connectivity index (χ1v) is 7.82. The van der Waals surface area contributed by atoms with Crippen molar-refractivity contribution in [2.75, 3.05) is 12.4 Å². The van der Waals surface area contributed by atoms with Crippen molar-refractivity contribution in [1.29, 1.82) is 0 Å². The Hall–Kier alpha value is -3.10. The number of rotatable bonds is 5. The van der Waals surface area contributed by atoms with Crippen molar-refractivity contribution in [3.8, 4) is 11.5 Å². The number of nitrogens with one attached hydrogen (secondary N) is 1. The molecule has 0 saturated carbocycles. The van der Waals surface area contributed by atoms with Gasteiger partial charge in [-0.25, -0.2) is 0 Å². The van der Waals surface area contributed by atoms with Crippen LogP contribution in [0.5, 0.6) is 11.5 Å². The molecule has 132 valence electrons. The standard InChI is InChI=1S/C16H20N6O3/c1-8(2)25-11-6-5-10(7-12(11)24-4)14-13(15(17)23)9(3)18-16-19-20-21-22(14)16/h5-8,14H,1-4H3,(H2,17,23)(H,18,19,21)/t14-/m1/s1. The number of ether oxygens (including phenoxy) is 2. The van der Waals surface area contributed by atoms with E-state index < -0.39 is 11.9 Å². The van der Waals surface area contributed by atoms with Gasteiger partial charge in [-0.2, -0.15) is 4.68 Å². The molecule has 1 aromatic heterocycles. The lowest BCUT2D eigenvalue weighted by atomic mass is 9.95. The number of hydrogen-bond donors (Lipinski definition) is 2. The molecule has 1 atom stereocenters. The SMILES string of the molecule is COc1cc([C@@H]2C(C(N)=O)=C(C)Nc3nnnn32)ccc1OC(C)C. The van der Waals surface area contributed by atoms with Crippen molar-refractivity contribution >= 4 is 11.9 Å². The molecule has 0 spiro atoms. The number of anilines is 1. The average molecular weight is 344 g/mol. The maximum absolute atomic E-state index is 12.0. The summed E-state index contributed by atoms with van der Waals surface area (Å²) < 4.78 is 12.7. The Balaban J connectivity index is 2.12. The fraction of sp³-hybridized carbons (Fsp3) is 0.375. The highest BCUT2D eigenvalue weighted by Crippen LogP contribution is 2.38. The Bertz CT molecular complexity index is 842. The number of benzene rings is 1. The molecule has 25 heavy (non-hydrogen) atoms. The van der Waals surface area contributed by atoms with Gasteiger partial charge in [-0.15, -0.1) is 0 Å². The van der Waals surface area contributed by atoms with E-state index in [0.29, 0.717) is 28.7 Å². The summed E-state index contributed by atoms with van der Waals surface area (Å²) in [6.07, 6.45) is 0.00747. The molecule has 9 heteroatoms. The van der Waals surface area contributed by atoms with E-state index in [1.165, 1.54) is 4.68 Å². The van der Waals surface area contributed by atoms with Crippen LogP contribution in [0, 0.1) is 0 Å². The number of allylic oxidation sites excluding steroid dienone is 1. The minimum atomic E-state index is -0.550. The molecule has 0 aliphatic carbocycles. The smallest absolute Gasteiger partial charge is 0.248 e. The Kier molecular flexibility index (Phi) is 4.30. The number of methoxy groups -OCH3 is 1. The number of fused-ring (bicyclic) bond motifs is 1. The molecule has 1 aliphatic rings. The number of carbonyl (C=O) groups excluding carboxylic acids is 1. The fourth-order valence-corrected chi connectivity index (χ4v) is 2.85. The van der Waals surface area contributed by atoms with Gasteiger partial charge < -0.3 is 20.5 Å². The molecule has 0 radical (unpaired) electrons. The van der Waals surface area contributed by atoms with Crippen LogP contribution < -0.4 is 20.5 Å². The van der Waals surface area contributed by atoms with Gasteiger partial charge in [-0.05, 0) is 48.9 Å². The van der Waals surface area contributed by atoms with E-state index >= 15 is 0 Å². The Morgan fingerprint density at radius 3 is 2.76 bits per heavy atom. The number of nitrogens with zero attached hydrogens (tertiary/aromatic N) is 4. The van der Waals surface area contributed by atoms with Crippen LogP contribution in [0.4, 0.5) is 5.95 Å². The van der Waals surface area contributed by atoms with E-state index in [-0.39, 0.29) is 6.10 Å². The van der Waals surface area contributed by atoms with E-state index in [0.717, 1.165) is 5.56 Å². The second kappa shape index (κ2) is 6.42. The second-order valence-corrected chi connectivity index (χ2v) is 5.95. The Morgan fingerprint density at radius 2 is 2.12 bits per heavy atom. The highest BCUT2D eigenvalue weighted by molar-refractivity contribution is 5.95. The highest BCUT2D eigenvalue weighted by Gasteiger charge is 2.33. The lowest BCUT2D eigenvalue weighted by Crippen LogP contribution is -2.31. The zero-order valence-corrected chi connectivity index (χ0v) is 14.5. The first-order chi connectivity index (χ1) is 11.9. The van der Waals surface area contributed by atoms with Gasteiger partial charge in [0.25, 0.3) is 0 Å². The topological polar surface area (TPSA) is 117 Å². The molecular weight excluding hydrogens is 324 g/mol. The number of carbonyl (C=O) groups is 1. The van der Waals surface area contributed by atoms with Crippen LogP contribution in [-0.4, -0.2) is 39.3 Å². The number of amides is 1. The number of tetrazole rings is 1. The number of nitrogens with two attached hydrogens (primary N) is 1. The zero-order chi connectivity index (χ0) is 18.1. The number of hydrogen-bond acceptors (Lipinski definition) is 7. The molecule has 1 amide bonds. The van der Waals surface area contributed by atoms with Gasteiger partial charge in [0.1, 0.15) is 6.04 Å². The maximum Gasteiger partial charge on any atom is 0.248 e. The van der Waals surface area contributed by atoms with Gasteiger partial charge in [0.05, 0.1) is 18.8 Å². The summed E-state index contributed by atoms with van der Waals surface area (Å²) >= 11 is 0. The zero-order valence-electron chi connectivity index (χ0n) is 14.5. The summed E-state index contributed by atoms with van der Waals surface area (Å²) in [6.45, 7) is 5.63. The van der Waals surface area contributed by atoms with Crippen LogP contribution in [0.3, 0.4) is 0 Å². The summed E-state index contributed by atoms with van der Waals surface area (Å²) in [5.74, 6) is 1.07. The molecule has 0 unspecified atom stereocenters. The monoisotopic (exact) mass is 344 g/mol. The van der Waals surface area contributed by atoms with Crippen molar-refractivity contribution in [2.45, 2.75) is 32.9 Å². The first-order valence-electron chi connectivity index (χ1n) is 7.82. The molecule has 9 nitrogen and oxygen atoms in total. The van der Waals surface area contributed by atoms with E-state index in [2.05, 4.69) is 20.8 Å². The van der Waals surface area contributed by atoms with Gasteiger partial charge in [-0.1, -0.05) is 11.2 Å². The first kappa shape index (κ1) is 16.7. The summed E-state index contributed by atoms with van der Waals surface area (Å²) in [5.41, 5.74) is 7.36. The molecular formula is C16H20N6O3. The van der Waals surface area contributed by atoms with E-state index in [4.69, 9.17) is 15.2 Å². The van der Waals surface area contributed by atoms with Crippen LogP contribution in [0.25, 0.3) is 0 Å². The lowest BCUT2D eigenvalue weighted by Gasteiger charge is -2.27. The van der Waals surface area contributed by atoms with Crippen LogP contribution in [0.15, 0.2) is 29.5 Å². The third kappa shape index (κ3) is 3.00. The van der Waals surface area contributed by atoms with Crippen molar-refractivity contribution in [3.63, 3.8) is 0 Å². The molecule has 3 N–H and O–H groups in total. The second-order valence-electron chi connectivity index (χ2n) is 5.95. The number of aromatic nitrogens is 4. The maximum atomic E-state index is 12.0. The van der Waals surface area contributed by atoms with Gasteiger partial charge in [-0.3, -0.25) is 4.79 Å². The van der Waals surface area contributed by atoms with Crippen LogP contribution in [-0.2, 0) is 4.79 Å². The lowest BCUT2D eigenvalue weighted by molar-refractivity contribution is -0.115. The van der Waals surface area contributed by atoms with Crippen molar-refractivity contribution in [1.82, 2.24) is 20.2 Å². The molecule has 0 bridgehead atoms. The van der Waals surface area contributed by atoms with Crippen LogP contribution in [0.2, 0.25) is 0 Å². The third-order valence-electron chi connectivity index (χ3n) is 3.85. The Labute approximate surface area is 144 Å². The molecule has 2 aromatic rings. The van der Waals surface area contributed by atoms with Crippen molar-refractivity contribution < 1.29 is 14.3 Å². The van der Waals surface area contributed by atoms with Gasteiger partial charge >= 0.3 is 0 Å². The molecule has 2 heterocycles. The largest absolute Gasteiger partial charge is 0.493 e. The van der Waals surface area contributed by atoms with Crippen LogP contribution >= 0.6 is 0 Å². The van der Waals surface area contributed by atoms with E-state index in [9.17, 15) is 4.79 Å². The quantitative estimate of drug-likeness (QED) is 0.838. The summed E-state index contributed by atoms with van der Waals surface area (Å²) in [6, 6.07) is 4.90. The molecule has 0 saturated heterocycles. The minimum Gasteiger partial charge on any atom is -0.493 e. The van der Waals surface area contributed by atoms with Gasteiger partial charge in [0.2, 0.25) is 11.9 Å². The molecule has 3 rings (SSSR count). The molecule has 1 aliphatic heterocycles. The average Bonchev–Trinajstić information content (AvgIpc) is 3.01. The normalized spacial score (nSPS) is 16.4. The Morgan fingerprint density at radius 1 is 1.36 bits per heavy atom. The van der Waals surface area contributed by atoms with Gasteiger partial charge in [0, 0.05) is 5.70 Å². The minimum absolute atomic E-state index is 0.00747. The summed E-state index contributed by atoms with van der Waals surface area (Å²) in [4.78, 5) is 12.0. The van der Waals surface area contributed by atoms with E-state index in [1.807, 2.05) is 19.9 Å². The third-order valence-corrected chi connectivity index (χ3v) is 3.85. The highest BCUT2D eigenvalue weighted by atomic mass is 16.5. The summed E-state index contributed by atoms with van der Waals surface area (Å²) in [7, 11) is 1.56. The molecule has 1 aromatic carbocycles. The number of primary amides is 1. The summed E-state index contributed by atoms with van der Waals surface area (Å²) in [5, 5.41) is 14.6. The fourth-order valence-electron chi connectivity index (χ4n) is 2.85. The van der Waals surface area contributed by atoms with E-state index in [1.54, 1.807) is 26.2 Å². The van der Waals surface area contributed by atoms with Crippen molar-refractivity contribution in [3.05, 3.63) is 35.0 Å². The van der Waals surface area contributed by atoms with Crippen molar-refractivity contribution in [2.24, 2.45) is 5.73 Å². The van der Waals surface area contributed by atoms with Crippen LogP contribution in [0.1, 0.15) is 32.4 Å². The molecule has 0 fully saturated rings. The predicted molar refractivity (Wildman–Crippen MR) is 90.2 cm³/mol.